The van der Waals surface area contributed by atoms with Crippen molar-refractivity contribution in [3.05, 3.63) is 104 Å². The van der Waals surface area contributed by atoms with Crippen LogP contribution in [0, 0.1) is 13.3 Å². The van der Waals surface area contributed by atoms with E-state index in [9.17, 15) is 4.79 Å². The number of anilines is 1. The second-order valence-corrected chi connectivity index (χ2v) is 8.18. The Hall–Kier alpha value is -2.90. The van der Waals surface area contributed by atoms with Crippen molar-refractivity contribution < 1.29 is 55.1 Å². The van der Waals surface area contributed by atoms with Crippen LogP contribution < -0.4 is 29.3 Å². The van der Waals surface area contributed by atoms with Crippen LogP contribution in [0.1, 0.15) is 0 Å². The van der Waals surface area contributed by atoms with Gasteiger partial charge in [0.05, 0.1) is 6.41 Å². The SMILES string of the molecule is CSc1cccc(-c2cccc3cc4cccc(-c5ccc(N[C-]=O)nc5)c4cc23)c1.[C-]#[O+].[C-]#[O+].[Fe+2].[I-]. The van der Waals surface area contributed by atoms with Crippen LogP contribution in [0.4, 0.5) is 5.82 Å². The maximum Gasteiger partial charge on any atom is 2.00 e. The maximum atomic E-state index is 10.5. The fourth-order valence-corrected chi connectivity index (χ4v) is 4.48. The van der Waals surface area contributed by atoms with Crippen LogP contribution >= 0.6 is 11.8 Å². The van der Waals surface area contributed by atoms with Gasteiger partial charge >= 0.3 is 39.7 Å². The second-order valence-electron chi connectivity index (χ2n) is 7.30. The molecule has 0 aliphatic carbocycles. The summed E-state index contributed by atoms with van der Waals surface area (Å²) in [7, 11) is 0. The molecule has 1 N–H and O–H groups in total. The molecule has 0 radical (unpaired) electrons. The molecule has 4 aromatic carbocycles. The Bertz CT molecular complexity index is 1520. The van der Waals surface area contributed by atoms with Gasteiger partial charge in [0, 0.05) is 11.1 Å². The maximum absolute atomic E-state index is 10.5. The van der Waals surface area contributed by atoms with Gasteiger partial charge in [0.15, 0.2) is 0 Å². The second kappa shape index (κ2) is 16.0. The number of amides is 1. The molecule has 184 valence electrons. The van der Waals surface area contributed by atoms with Gasteiger partial charge in [-0.3, -0.25) is 0 Å². The number of thioether (sulfide) groups is 1. The van der Waals surface area contributed by atoms with E-state index in [-0.39, 0.29) is 41.0 Å². The molecule has 37 heavy (non-hydrogen) atoms. The third-order valence-corrected chi connectivity index (χ3v) is 6.24. The molecule has 5 aromatic rings. The van der Waals surface area contributed by atoms with Crippen LogP contribution in [0.2, 0.25) is 0 Å². The predicted octanol–water partition coefficient (Wildman–Crippen LogP) is 3.85. The molecule has 1 heterocycles. The quantitative estimate of drug-likeness (QED) is 0.0593. The summed E-state index contributed by atoms with van der Waals surface area (Å²) in [5, 5.41) is 7.26. The number of rotatable bonds is 5. The Morgan fingerprint density at radius 2 is 1.38 bits per heavy atom. The van der Waals surface area contributed by atoms with Gasteiger partial charge in [0.2, 0.25) is 0 Å². The molecule has 5 rings (SSSR count). The first-order valence-corrected chi connectivity index (χ1v) is 11.6. The number of halogens is 1. The molecule has 0 aliphatic heterocycles. The number of nitrogens with zero attached hydrogens (tertiary/aromatic N) is 1. The fourth-order valence-electron chi connectivity index (χ4n) is 4.03. The molecule has 1 amide bonds. The van der Waals surface area contributed by atoms with E-state index < -0.39 is 0 Å². The van der Waals surface area contributed by atoms with Crippen molar-refractivity contribution in [3.63, 3.8) is 0 Å². The predicted molar refractivity (Wildman–Crippen MR) is 139 cm³/mol. The Morgan fingerprint density at radius 1 is 0.784 bits per heavy atom. The van der Waals surface area contributed by atoms with E-state index in [0.29, 0.717) is 5.82 Å². The zero-order chi connectivity index (χ0) is 25.2. The van der Waals surface area contributed by atoms with Crippen LogP contribution in [-0.2, 0) is 31.2 Å². The molecule has 0 aliphatic rings. The topological polar surface area (TPSA) is 81.8 Å². The molecular weight excluding hydrogens is 639 g/mol. The number of nitrogens with one attached hydrogen (secondary N) is 1. The molecular formula is C29H19FeIN2O3S. The largest absolute Gasteiger partial charge is 2.00 e. The number of benzene rings is 4. The Kier molecular flexibility index (Phi) is 13.9. The summed E-state index contributed by atoms with van der Waals surface area (Å²) < 4.78 is 15.0. The minimum absolute atomic E-state index is 0. The van der Waals surface area contributed by atoms with E-state index in [1.807, 2.05) is 6.07 Å². The summed E-state index contributed by atoms with van der Waals surface area (Å²) in [6, 6.07) is 29.8. The zero-order valence-electron chi connectivity index (χ0n) is 19.5. The van der Waals surface area contributed by atoms with Crippen LogP contribution in [0.25, 0.3) is 43.8 Å². The summed E-state index contributed by atoms with van der Waals surface area (Å²) >= 11 is 1.75. The summed E-state index contributed by atoms with van der Waals surface area (Å²) in [4.78, 5) is 16.1. The summed E-state index contributed by atoms with van der Waals surface area (Å²) in [5.41, 5.74) is 4.56. The van der Waals surface area contributed by atoms with Crippen molar-refractivity contribution in [2.75, 3.05) is 11.6 Å². The van der Waals surface area contributed by atoms with Crippen molar-refractivity contribution in [1.29, 1.82) is 0 Å². The van der Waals surface area contributed by atoms with E-state index >= 15 is 0 Å². The fraction of sp³-hybridized carbons (Fsp3) is 0.0345. The van der Waals surface area contributed by atoms with Gasteiger partial charge in [-0.2, -0.15) is 0 Å². The standard InChI is InChI=1S/C27H19N2OS.2CO.Fe.HI/c1-31-22-8-2-5-20(14-22)23-9-3-6-18-13-19-7-4-10-24(26(19)15-25(18)23)21-11-12-27(28-16-21)29-17-30;2*1-2;;/h2-16H,1H3,(H,28,29,30);;;;1H/q-1;;;+2;/p-1. The Balaban J connectivity index is 0.00000109. The number of aromatic nitrogens is 1. The van der Waals surface area contributed by atoms with E-state index in [1.165, 1.54) is 37.6 Å². The van der Waals surface area contributed by atoms with E-state index in [2.05, 4.69) is 103 Å². The number of pyridine rings is 1. The van der Waals surface area contributed by atoms with E-state index in [0.717, 1.165) is 11.1 Å². The molecule has 0 spiro atoms. The van der Waals surface area contributed by atoms with E-state index in [4.69, 9.17) is 9.30 Å². The third-order valence-electron chi connectivity index (χ3n) is 5.51. The van der Waals surface area contributed by atoms with Gasteiger partial charge in [-0.1, -0.05) is 54.6 Å². The van der Waals surface area contributed by atoms with Crippen molar-refractivity contribution in [3.8, 4) is 22.3 Å². The number of fused-ring (bicyclic) bond motifs is 2. The first kappa shape index (κ1) is 32.1. The Labute approximate surface area is 247 Å². The number of carbonyl (C=O) groups excluding carboxylic acids is 1. The summed E-state index contributed by atoms with van der Waals surface area (Å²) in [6.45, 7) is 9.00. The van der Waals surface area contributed by atoms with Crippen molar-refractivity contribution in [1.82, 2.24) is 4.98 Å². The first-order chi connectivity index (χ1) is 17.3. The monoisotopic (exact) mass is 658 g/mol. The number of hydrogen-bond donors (Lipinski definition) is 1. The molecule has 0 bridgehead atoms. The Morgan fingerprint density at radius 3 is 1.92 bits per heavy atom. The van der Waals surface area contributed by atoms with Crippen LogP contribution in [0.15, 0.2) is 96.0 Å². The minimum atomic E-state index is 0. The van der Waals surface area contributed by atoms with Gasteiger partial charge in [0.25, 0.3) is 0 Å². The van der Waals surface area contributed by atoms with Crippen LogP contribution in [0.3, 0.4) is 0 Å². The van der Waals surface area contributed by atoms with Crippen molar-refractivity contribution in [2.45, 2.75) is 4.90 Å². The molecule has 0 unspecified atom stereocenters. The molecule has 0 atom stereocenters. The third kappa shape index (κ3) is 7.33. The average molecular weight is 658 g/mol. The van der Waals surface area contributed by atoms with Crippen molar-refractivity contribution >= 4 is 45.5 Å². The molecule has 5 nitrogen and oxygen atoms in total. The van der Waals surface area contributed by atoms with Crippen LogP contribution in [-0.4, -0.2) is 17.6 Å². The van der Waals surface area contributed by atoms with Gasteiger partial charge in [-0.05, 0) is 80.1 Å². The zero-order valence-corrected chi connectivity index (χ0v) is 23.6. The molecule has 0 saturated heterocycles. The van der Waals surface area contributed by atoms with Crippen molar-refractivity contribution in [2.24, 2.45) is 0 Å². The van der Waals surface area contributed by atoms with Gasteiger partial charge in [-0.15, -0.1) is 17.8 Å². The smallest absolute Gasteiger partial charge is 1.00 e. The summed E-state index contributed by atoms with van der Waals surface area (Å²) in [5.74, 6) is 0.486. The van der Waals surface area contributed by atoms with Gasteiger partial charge in [-0.25, -0.2) is 0 Å². The summed E-state index contributed by atoms with van der Waals surface area (Å²) in [6.07, 6.45) is 5.54. The van der Waals surface area contributed by atoms with Gasteiger partial charge in [0.1, 0.15) is 0 Å². The minimum Gasteiger partial charge on any atom is -1.00 e. The average Bonchev–Trinajstić information content (AvgIpc) is 2.94. The van der Waals surface area contributed by atoms with E-state index in [1.54, 1.807) is 30.4 Å². The van der Waals surface area contributed by atoms with Crippen LogP contribution in [0.5, 0.6) is 0 Å². The normalized spacial score (nSPS) is 9.32. The number of hydrogen-bond acceptors (Lipinski definition) is 3. The molecule has 0 fully saturated rings. The molecule has 1 aromatic heterocycles. The first-order valence-electron chi connectivity index (χ1n) is 10.4. The van der Waals surface area contributed by atoms with Gasteiger partial charge < -0.3 is 39.1 Å². The molecule has 0 saturated carbocycles. The molecule has 8 heteroatoms.